The van der Waals surface area contributed by atoms with Crippen LogP contribution in [0.15, 0.2) is 36.4 Å². The van der Waals surface area contributed by atoms with Crippen LogP contribution in [0.25, 0.3) is 10.9 Å². The van der Waals surface area contributed by atoms with Crippen LogP contribution < -0.4 is 0 Å². The van der Waals surface area contributed by atoms with Crippen molar-refractivity contribution in [2.75, 3.05) is 79.0 Å². The van der Waals surface area contributed by atoms with Crippen molar-refractivity contribution in [1.29, 1.82) is 0 Å². The number of phenolic OH excluding ortho intramolecular Hbond substituents is 2. The fourth-order valence-electron chi connectivity index (χ4n) is 4.87. The zero-order valence-electron chi connectivity index (χ0n) is 24.7. The molecule has 0 radical (unpaired) electrons. The van der Waals surface area contributed by atoms with Crippen molar-refractivity contribution in [1.82, 2.24) is 14.8 Å². The van der Waals surface area contributed by atoms with Crippen LogP contribution in [0.4, 0.5) is 0 Å². The average Bonchev–Trinajstić information content (AvgIpc) is 2.96. The fourth-order valence-corrected chi connectivity index (χ4v) is 4.87. The molecular weight excluding hydrogens is 522 g/mol. The van der Waals surface area contributed by atoms with E-state index < -0.39 is 0 Å². The molecule has 2 N–H and O–H groups in total. The number of aromatic hydroxyl groups is 2. The molecule has 3 aromatic rings. The number of aryl methyl sites for hydroxylation is 2. The molecule has 1 fully saturated rings. The van der Waals surface area contributed by atoms with Crippen molar-refractivity contribution in [2.45, 2.75) is 33.9 Å². The summed E-state index contributed by atoms with van der Waals surface area (Å²) >= 11 is 0. The monoisotopic (exact) mass is 567 g/mol. The summed E-state index contributed by atoms with van der Waals surface area (Å²) in [4.78, 5) is 9.00. The summed E-state index contributed by atoms with van der Waals surface area (Å²) in [7, 11) is 0. The lowest BCUT2D eigenvalue weighted by Gasteiger charge is -2.24. The lowest BCUT2D eigenvalue weighted by atomic mass is 10.0. The van der Waals surface area contributed by atoms with Crippen LogP contribution in [-0.4, -0.2) is 104 Å². The predicted molar refractivity (Wildman–Crippen MR) is 160 cm³/mol. The Morgan fingerprint density at radius 3 is 1.61 bits per heavy atom. The Morgan fingerprint density at radius 1 is 0.610 bits per heavy atom. The van der Waals surface area contributed by atoms with E-state index in [4.69, 9.17) is 18.9 Å². The third kappa shape index (κ3) is 9.36. The van der Waals surface area contributed by atoms with E-state index in [-0.39, 0.29) is 5.75 Å². The third-order valence-corrected chi connectivity index (χ3v) is 7.58. The van der Waals surface area contributed by atoms with Crippen molar-refractivity contribution in [3.8, 4) is 11.5 Å². The highest BCUT2D eigenvalue weighted by molar-refractivity contribution is 5.85. The average molecular weight is 568 g/mol. The number of fused-ring (bicyclic) bond motifs is 1. The molecule has 0 spiro atoms. The van der Waals surface area contributed by atoms with Gasteiger partial charge in [0, 0.05) is 61.5 Å². The van der Waals surface area contributed by atoms with Crippen LogP contribution in [-0.2, 0) is 32.0 Å². The van der Waals surface area contributed by atoms with Gasteiger partial charge in [-0.2, -0.15) is 0 Å². The van der Waals surface area contributed by atoms with Gasteiger partial charge in [-0.3, -0.25) is 9.80 Å². The molecule has 0 saturated carbocycles. The number of hydrogen-bond acceptors (Lipinski definition) is 9. The summed E-state index contributed by atoms with van der Waals surface area (Å²) in [6.07, 6.45) is 0. The quantitative estimate of drug-likeness (QED) is 0.486. The molecule has 1 aromatic heterocycles. The second kappa shape index (κ2) is 16.0. The van der Waals surface area contributed by atoms with Gasteiger partial charge in [0.2, 0.25) is 0 Å². The van der Waals surface area contributed by atoms with Gasteiger partial charge in [-0.05, 0) is 38.0 Å². The lowest BCUT2D eigenvalue weighted by molar-refractivity contribution is 0.00612. The van der Waals surface area contributed by atoms with Gasteiger partial charge in [-0.15, -0.1) is 0 Å². The Kier molecular flexibility index (Phi) is 12.2. The maximum atomic E-state index is 10.9. The summed E-state index contributed by atoms with van der Waals surface area (Å²) in [5.41, 5.74) is 5.26. The Labute approximate surface area is 243 Å². The number of phenols is 2. The van der Waals surface area contributed by atoms with Gasteiger partial charge in [-0.1, -0.05) is 30.3 Å². The van der Waals surface area contributed by atoms with Crippen LogP contribution in [0.2, 0.25) is 0 Å². The molecular formula is C32H45N3O6. The van der Waals surface area contributed by atoms with E-state index in [1.54, 1.807) is 0 Å². The standard InChI is InChI=1S/C32H45N3O6/c1-24-4-6-28(31(36)26(24)3)22-34-10-14-38-18-20-40-16-12-35(13-17-41-21-19-39-15-11-34)23-29-9-8-27-7-5-25(2)33-30(27)32(29)37/h4-9,36-37H,10-23H2,1-3H3. The molecule has 1 aliphatic heterocycles. The number of benzene rings is 2. The molecule has 224 valence electrons. The molecule has 2 aromatic carbocycles. The second-order valence-electron chi connectivity index (χ2n) is 10.6. The van der Waals surface area contributed by atoms with Crippen LogP contribution in [0.5, 0.6) is 11.5 Å². The zero-order chi connectivity index (χ0) is 29.0. The van der Waals surface area contributed by atoms with E-state index in [2.05, 4.69) is 20.9 Å². The lowest BCUT2D eigenvalue weighted by Crippen LogP contribution is -2.32. The van der Waals surface area contributed by atoms with E-state index in [1.807, 2.05) is 51.1 Å². The zero-order valence-corrected chi connectivity index (χ0v) is 24.7. The molecule has 4 rings (SSSR count). The SMILES string of the molecule is Cc1ccc2ccc(CN3CCOCCOCCN(Cc4ccc(C)c(C)c4O)CCOCCOCC3)c(O)c2n1. The number of ether oxygens (including phenoxy) is 4. The first-order valence-electron chi connectivity index (χ1n) is 14.5. The van der Waals surface area contributed by atoms with E-state index in [0.717, 1.165) is 46.4 Å². The molecule has 9 nitrogen and oxygen atoms in total. The number of hydrogen-bond donors (Lipinski definition) is 2. The first-order chi connectivity index (χ1) is 19.9. The Morgan fingerprint density at radius 2 is 1.07 bits per heavy atom. The number of nitrogens with zero attached hydrogens (tertiary/aromatic N) is 3. The van der Waals surface area contributed by atoms with Gasteiger partial charge in [0.15, 0.2) is 0 Å². The molecule has 0 amide bonds. The summed E-state index contributed by atoms with van der Waals surface area (Å²) in [5.74, 6) is 0.598. The van der Waals surface area contributed by atoms with Crippen LogP contribution in [0, 0.1) is 20.8 Å². The first-order valence-corrected chi connectivity index (χ1v) is 14.5. The molecule has 0 aliphatic carbocycles. The minimum atomic E-state index is 0.232. The van der Waals surface area contributed by atoms with Crippen molar-refractivity contribution in [2.24, 2.45) is 0 Å². The molecule has 0 unspecified atom stereocenters. The predicted octanol–water partition coefficient (Wildman–Crippen LogP) is 3.96. The minimum Gasteiger partial charge on any atom is -0.507 e. The molecule has 0 atom stereocenters. The van der Waals surface area contributed by atoms with Crippen molar-refractivity contribution >= 4 is 10.9 Å². The van der Waals surface area contributed by atoms with Crippen LogP contribution in [0.3, 0.4) is 0 Å². The molecule has 1 aliphatic rings. The van der Waals surface area contributed by atoms with Gasteiger partial charge in [0.25, 0.3) is 0 Å². The summed E-state index contributed by atoms with van der Waals surface area (Å²) in [6, 6.07) is 12.0. The van der Waals surface area contributed by atoms with Crippen molar-refractivity contribution in [3.63, 3.8) is 0 Å². The van der Waals surface area contributed by atoms with Gasteiger partial charge in [0.05, 0.1) is 52.9 Å². The third-order valence-electron chi connectivity index (χ3n) is 7.58. The minimum absolute atomic E-state index is 0.232. The normalized spacial score (nSPS) is 18.2. The Hall–Kier alpha value is -2.79. The molecule has 41 heavy (non-hydrogen) atoms. The van der Waals surface area contributed by atoms with Crippen LogP contribution in [0.1, 0.15) is 27.9 Å². The van der Waals surface area contributed by atoms with E-state index in [1.165, 1.54) is 0 Å². The van der Waals surface area contributed by atoms with E-state index in [0.29, 0.717) is 90.3 Å². The summed E-state index contributed by atoms with van der Waals surface area (Å²) in [6.45, 7) is 14.2. The molecule has 9 heteroatoms. The van der Waals surface area contributed by atoms with E-state index in [9.17, 15) is 10.2 Å². The fraction of sp³-hybridized carbons (Fsp3) is 0.531. The largest absolute Gasteiger partial charge is 0.507 e. The van der Waals surface area contributed by atoms with Gasteiger partial charge in [0.1, 0.15) is 17.0 Å². The van der Waals surface area contributed by atoms with Gasteiger partial charge >= 0.3 is 0 Å². The summed E-state index contributed by atoms with van der Waals surface area (Å²) < 4.78 is 23.5. The molecule has 0 bridgehead atoms. The highest BCUT2D eigenvalue weighted by atomic mass is 16.5. The highest BCUT2D eigenvalue weighted by Crippen LogP contribution is 2.28. The topological polar surface area (TPSA) is 96.8 Å². The smallest absolute Gasteiger partial charge is 0.146 e. The number of rotatable bonds is 4. The van der Waals surface area contributed by atoms with Crippen molar-refractivity contribution < 1.29 is 29.2 Å². The Balaban J connectivity index is 1.30. The maximum absolute atomic E-state index is 10.9. The number of pyridine rings is 1. The number of aromatic nitrogens is 1. The summed E-state index contributed by atoms with van der Waals surface area (Å²) in [5, 5.41) is 22.5. The Bertz CT molecular complexity index is 1230. The molecule has 1 saturated heterocycles. The van der Waals surface area contributed by atoms with Gasteiger partial charge < -0.3 is 29.2 Å². The molecule has 2 heterocycles. The second-order valence-corrected chi connectivity index (χ2v) is 10.6. The first kappa shape index (κ1) is 31.2. The maximum Gasteiger partial charge on any atom is 0.146 e. The van der Waals surface area contributed by atoms with Crippen molar-refractivity contribution in [3.05, 3.63) is 64.3 Å². The highest BCUT2D eigenvalue weighted by Gasteiger charge is 2.14. The van der Waals surface area contributed by atoms with Gasteiger partial charge in [-0.25, -0.2) is 4.98 Å². The van der Waals surface area contributed by atoms with Crippen LogP contribution >= 0.6 is 0 Å². The van der Waals surface area contributed by atoms with E-state index >= 15 is 0 Å².